The van der Waals surface area contributed by atoms with Crippen molar-refractivity contribution >= 4 is 62.0 Å². The maximum Gasteiger partial charge on any atom is 0.135 e. The number of rotatable bonds is 5. The summed E-state index contributed by atoms with van der Waals surface area (Å²) in [5.74, 6) is 2.06. The molecule has 0 amide bonds. The summed E-state index contributed by atoms with van der Waals surface area (Å²) >= 11 is 1.86. The Hall–Kier alpha value is -5.69. The summed E-state index contributed by atoms with van der Waals surface area (Å²) < 4.78 is 8.94. The molecule has 0 bridgehead atoms. The maximum atomic E-state index is 6.78. The van der Waals surface area contributed by atoms with Crippen LogP contribution in [0.25, 0.3) is 27.6 Å². The van der Waals surface area contributed by atoms with Crippen molar-refractivity contribution in [2.45, 2.75) is 15.2 Å². The van der Waals surface area contributed by atoms with Gasteiger partial charge >= 0.3 is 0 Å². The van der Waals surface area contributed by atoms with Gasteiger partial charge in [0.05, 0.1) is 0 Å². The van der Waals surface area contributed by atoms with Crippen molar-refractivity contribution in [1.82, 2.24) is 9.55 Å². The second kappa shape index (κ2) is 13.2. The number of hydrogen-bond acceptors (Lipinski definition) is 7. The summed E-state index contributed by atoms with van der Waals surface area (Å²) in [4.78, 5) is 16.3. The summed E-state index contributed by atoms with van der Waals surface area (Å²) in [6.45, 7) is 2.18. The van der Waals surface area contributed by atoms with E-state index in [0.717, 1.165) is 50.2 Å². The molecule has 0 aliphatic carbocycles. The van der Waals surface area contributed by atoms with Crippen molar-refractivity contribution in [1.29, 1.82) is 0 Å². The van der Waals surface area contributed by atoms with Gasteiger partial charge in [-0.05, 0) is 77.7 Å². The first kappa shape index (κ1) is 35.7. The van der Waals surface area contributed by atoms with Gasteiger partial charge in [0.15, 0.2) is 0 Å². The molecular weight excluding hydrogens is 904 g/mol. The standard InChI is InChI=1S/C48H37N6OS.Pt/c1-50(2)37-16-11-19-42-45(37)48(46-38(51(3)4)17-12-20-43(46)56-42)34-25-23-31(28-41(34)53-29-52(5)39-18-10-14-35(48)47(39)53)55-30-22-24-33-32-13-6-7-15-36(32)54(40(33)27-30)44-21-8-9-26-49-44;/h6-26,29H,1-5H3;/q-3;. The molecule has 0 saturated carbocycles. The molecule has 0 fully saturated rings. The Bertz CT molecular complexity index is 2850. The molecule has 0 unspecified atom stereocenters. The predicted molar refractivity (Wildman–Crippen MR) is 229 cm³/mol. The first-order valence-corrected chi connectivity index (χ1v) is 19.6. The predicted octanol–water partition coefficient (Wildman–Crippen LogP) is 10.6. The molecule has 9 heteroatoms. The Kier molecular flexibility index (Phi) is 8.26. The maximum absolute atomic E-state index is 6.78. The van der Waals surface area contributed by atoms with Gasteiger partial charge in [-0.2, -0.15) is 18.8 Å². The molecule has 6 aromatic carbocycles. The second-order valence-electron chi connectivity index (χ2n) is 15.0. The number of fused-ring (bicyclic) bond motifs is 11. The largest absolute Gasteiger partial charge is 0.509 e. The van der Waals surface area contributed by atoms with E-state index in [1.807, 2.05) is 42.2 Å². The van der Waals surface area contributed by atoms with Gasteiger partial charge in [0.1, 0.15) is 5.82 Å². The van der Waals surface area contributed by atoms with Gasteiger partial charge in [0.25, 0.3) is 0 Å². The van der Waals surface area contributed by atoms with E-state index in [1.54, 1.807) is 0 Å². The third kappa shape index (κ3) is 5.00. The number of ether oxygens (including phenoxy) is 1. The summed E-state index contributed by atoms with van der Waals surface area (Å²) in [7, 11) is 10.7. The zero-order valence-corrected chi connectivity index (χ0v) is 35.1. The van der Waals surface area contributed by atoms with Gasteiger partial charge in [-0.15, -0.1) is 35.2 Å². The zero-order chi connectivity index (χ0) is 37.9. The van der Waals surface area contributed by atoms with Crippen molar-refractivity contribution < 1.29 is 25.8 Å². The smallest absolute Gasteiger partial charge is 0.135 e. The Morgan fingerprint density at radius 2 is 1.37 bits per heavy atom. The van der Waals surface area contributed by atoms with Gasteiger partial charge in [0.2, 0.25) is 0 Å². The molecule has 0 atom stereocenters. The molecule has 0 N–H and O–H groups in total. The monoisotopic (exact) mass is 940 g/mol. The van der Waals surface area contributed by atoms with Gasteiger partial charge in [-0.1, -0.05) is 71.5 Å². The fraction of sp³-hybridized carbons (Fsp3) is 0.125. The summed E-state index contributed by atoms with van der Waals surface area (Å²) in [5, 5.41) is 2.24. The molecule has 8 aromatic rings. The molecule has 2 aromatic heterocycles. The van der Waals surface area contributed by atoms with Gasteiger partial charge < -0.3 is 28.9 Å². The zero-order valence-electron chi connectivity index (χ0n) is 32.0. The summed E-state index contributed by atoms with van der Waals surface area (Å²) in [6, 6.07) is 50.6. The minimum absolute atomic E-state index is 0. The second-order valence-corrected chi connectivity index (χ2v) is 16.1. The number of benzene rings is 6. The number of pyridine rings is 1. The van der Waals surface area contributed by atoms with Crippen LogP contribution in [0.4, 0.5) is 28.4 Å². The van der Waals surface area contributed by atoms with Crippen molar-refractivity contribution in [2.24, 2.45) is 0 Å². The summed E-state index contributed by atoms with van der Waals surface area (Å²) in [5.41, 5.74) is 11.9. The van der Waals surface area contributed by atoms with E-state index in [-0.39, 0.29) is 21.1 Å². The van der Waals surface area contributed by atoms with Crippen molar-refractivity contribution in [3.05, 3.63) is 169 Å². The molecule has 11 rings (SSSR count). The normalized spacial score (nSPS) is 14.2. The third-order valence-electron chi connectivity index (χ3n) is 11.5. The fourth-order valence-corrected chi connectivity index (χ4v) is 10.5. The van der Waals surface area contributed by atoms with Crippen LogP contribution in [-0.4, -0.2) is 44.8 Å². The van der Waals surface area contributed by atoms with Crippen molar-refractivity contribution in [3.8, 4) is 17.3 Å². The van der Waals surface area contributed by atoms with E-state index < -0.39 is 5.41 Å². The third-order valence-corrected chi connectivity index (χ3v) is 12.6. The van der Waals surface area contributed by atoms with Gasteiger partial charge in [-0.3, -0.25) is 0 Å². The minimum atomic E-state index is -0.669. The van der Waals surface area contributed by atoms with Crippen LogP contribution in [0.15, 0.2) is 137 Å². The van der Waals surface area contributed by atoms with Crippen LogP contribution >= 0.6 is 11.8 Å². The van der Waals surface area contributed by atoms with Crippen LogP contribution in [0.1, 0.15) is 22.3 Å². The SMILES string of the molecule is CN(C)c1cccc2c1C1(c3ccc(Oc4[c-]c5c(cc4)c4ccccc4n5-c4ccccn4)[c-]c3N3[CH-]N(C)c4cccc1c43)c1c(cccc1N(C)C)S2.[Pt]. The topological polar surface area (TPSA) is 40.0 Å². The van der Waals surface area contributed by atoms with E-state index in [4.69, 9.17) is 9.72 Å². The fourth-order valence-electron chi connectivity index (χ4n) is 9.26. The quantitative estimate of drug-likeness (QED) is 0.159. The Morgan fingerprint density at radius 1 is 0.684 bits per heavy atom. The van der Waals surface area contributed by atoms with Crippen LogP contribution in [0.2, 0.25) is 0 Å². The average molecular weight is 941 g/mol. The molecule has 284 valence electrons. The molecule has 0 radical (unpaired) electrons. The van der Waals surface area contributed by atoms with E-state index in [2.05, 4.69) is 175 Å². The van der Waals surface area contributed by atoms with Crippen LogP contribution in [-0.2, 0) is 26.5 Å². The number of hydrogen-bond donors (Lipinski definition) is 0. The molecule has 3 aliphatic heterocycles. The van der Waals surface area contributed by atoms with E-state index in [0.29, 0.717) is 11.5 Å². The van der Waals surface area contributed by atoms with Crippen LogP contribution in [0, 0.1) is 18.8 Å². The van der Waals surface area contributed by atoms with Crippen LogP contribution in [0.3, 0.4) is 0 Å². The van der Waals surface area contributed by atoms with Crippen molar-refractivity contribution in [3.63, 3.8) is 0 Å². The minimum Gasteiger partial charge on any atom is -0.509 e. The Morgan fingerprint density at radius 3 is 2.09 bits per heavy atom. The van der Waals surface area contributed by atoms with E-state index in [9.17, 15) is 0 Å². The van der Waals surface area contributed by atoms with Gasteiger partial charge in [0, 0.05) is 110 Å². The number of para-hydroxylation sites is 2. The average Bonchev–Trinajstić information content (AvgIpc) is 3.74. The molecular formula is C48H37N6OPtS-3. The molecule has 57 heavy (non-hydrogen) atoms. The first-order valence-electron chi connectivity index (χ1n) is 18.8. The summed E-state index contributed by atoms with van der Waals surface area (Å²) in [6.07, 6.45) is 1.83. The number of nitrogens with zero attached hydrogens (tertiary/aromatic N) is 6. The molecule has 0 saturated heterocycles. The number of aromatic nitrogens is 2. The number of anilines is 5. The first-order chi connectivity index (χ1) is 27.3. The molecule has 1 spiro atoms. The van der Waals surface area contributed by atoms with Crippen molar-refractivity contribution in [2.75, 3.05) is 54.8 Å². The van der Waals surface area contributed by atoms with Crippen LogP contribution in [0.5, 0.6) is 11.5 Å². The Labute approximate surface area is 351 Å². The Balaban J connectivity index is 0.00000396. The van der Waals surface area contributed by atoms with E-state index in [1.165, 1.54) is 37.9 Å². The van der Waals surface area contributed by atoms with Gasteiger partial charge in [-0.25, -0.2) is 4.98 Å². The molecule has 5 heterocycles. The molecule has 3 aliphatic rings. The molecule has 7 nitrogen and oxygen atoms in total. The van der Waals surface area contributed by atoms with E-state index >= 15 is 0 Å². The van der Waals surface area contributed by atoms with Crippen LogP contribution < -0.4 is 24.3 Å².